The molecule has 0 radical (unpaired) electrons. The summed E-state index contributed by atoms with van der Waals surface area (Å²) < 4.78 is 125. The van der Waals surface area contributed by atoms with E-state index in [4.69, 9.17) is 9.47 Å². The van der Waals surface area contributed by atoms with Crippen LogP contribution in [0.5, 0.6) is 17.2 Å². The predicted molar refractivity (Wildman–Crippen MR) is 124 cm³/mol. The molecule has 0 spiro atoms. The average molecular weight is 644 g/mol. The summed E-state index contributed by atoms with van der Waals surface area (Å²) in [5.74, 6) is -8.93. The maximum atomic E-state index is 14.6. The van der Waals surface area contributed by atoms with Crippen LogP contribution in [0, 0.1) is 11.6 Å². The van der Waals surface area contributed by atoms with Gasteiger partial charge in [0.25, 0.3) is 0 Å². The van der Waals surface area contributed by atoms with Crippen LogP contribution in [-0.4, -0.2) is 32.5 Å². The molecule has 40 heavy (non-hydrogen) atoms. The van der Waals surface area contributed by atoms with E-state index < -0.39 is 80.4 Å². The van der Waals surface area contributed by atoms with Crippen LogP contribution in [0.4, 0.5) is 40.8 Å². The van der Waals surface area contributed by atoms with E-state index in [9.17, 15) is 44.7 Å². The lowest BCUT2D eigenvalue weighted by atomic mass is 10.1. The Balaban J connectivity index is 2.33. The second-order valence-electron chi connectivity index (χ2n) is 7.49. The molecule has 7 nitrogen and oxygen atoms in total. The molecule has 0 aromatic heterocycles. The monoisotopic (exact) mass is 643 g/mol. The molecule has 0 amide bonds. The number of carbonyl (C=O) groups excluding carboxylic acids is 2. The Morgan fingerprint density at radius 2 is 1.45 bits per heavy atom. The summed E-state index contributed by atoms with van der Waals surface area (Å²) in [5, 5.41) is 0. The van der Waals surface area contributed by atoms with Gasteiger partial charge in [0.15, 0.2) is 23.1 Å². The van der Waals surface area contributed by atoms with Crippen molar-refractivity contribution in [1.29, 1.82) is 0 Å². The Bertz CT molecular complexity index is 1410. The Morgan fingerprint density at radius 3 is 1.98 bits per heavy atom. The predicted octanol–water partition coefficient (Wildman–Crippen LogP) is 6.93. The Morgan fingerprint density at radius 1 is 0.850 bits per heavy atom. The zero-order valence-corrected chi connectivity index (χ0v) is 21.5. The number of benzene rings is 2. The first-order valence-electron chi connectivity index (χ1n) is 10.5. The molecule has 0 saturated heterocycles. The summed E-state index contributed by atoms with van der Waals surface area (Å²) in [4.78, 5) is 25.9. The zero-order chi connectivity index (χ0) is 30.0. The molecule has 0 aliphatic carbocycles. The van der Waals surface area contributed by atoms with E-state index in [-0.39, 0.29) is 12.1 Å². The van der Waals surface area contributed by atoms with Crippen LogP contribution in [0.1, 0.15) is 5.56 Å². The van der Waals surface area contributed by atoms with Gasteiger partial charge in [0.2, 0.25) is 0 Å². The standard InChI is InChI=1S/C24H14BrF8NO6/c1-37-21(35)13-5-3-4-6-34(18(13)22(36)38-2)17-10-12(40-24(31,32)33)9-14(25)19(17)39-20-15(26)7-11(8-16(20)27)23(28,29)30/h3-10H,1-2H3. The molecule has 214 valence electrons. The Labute approximate surface area is 228 Å². The third-order valence-corrected chi connectivity index (χ3v) is 5.50. The molecule has 3 rings (SSSR count). The fourth-order valence-corrected chi connectivity index (χ4v) is 3.81. The molecule has 1 aliphatic rings. The lowest BCUT2D eigenvalue weighted by Gasteiger charge is -2.26. The van der Waals surface area contributed by atoms with Crippen molar-refractivity contribution >= 4 is 33.6 Å². The molecule has 0 N–H and O–H groups in total. The first-order chi connectivity index (χ1) is 18.6. The normalized spacial score (nSPS) is 13.7. The van der Waals surface area contributed by atoms with Gasteiger partial charge in [-0.15, -0.1) is 13.2 Å². The highest BCUT2D eigenvalue weighted by atomic mass is 79.9. The topological polar surface area (TPSA) is 74.3 Å². The van der Waals surface area contributed by atoms with E-state index in [2.05, 4.69) is 25.4 Å². The third-order valence-electron chi connectivity index (χ3n) is 4.91. The minimum atomic E-state index is -5.22. The van der Waals surface area contributed by atoms with Gasteiger partial charge >= 0.3 is 24.5 Å². The van der Waals surface area contributed by atoms with Crippen LogP contribution in [0.25, 0.3) is 0 Å². The van der Waals surface area contributed by atoms with Crippen molar-refractivity contribution in [2.45, 2.75) is 12.5 Å². The van der Waals surface area contributed by atoms with E-state index in [1.54, 1.807) is 0 Å². The van der Waals surface area contributed by atoms with E-state index in [0.717, 1.165) is 31.4 Å². The zero-order valence-electron chi connectivity index (χ0n) is 19.9. The highest BCUT2D eigenvalue weighted by Gasteiger charge is 2.36. The second-order valence-corrected chi connectivity index (χ2v) is 8.34. The van der Waals surface area contributed by atoms with Crippen molar-refractivity contribution in [2.75, 3.05) is 19.1 Å². The minimum Gasteiger partial charge on any atom is -0.465 e. The fraction of sp³-hybridized carbons (Fsp3) is 0.167. The summed E-state index contributed by atoms with van der Waals surface area (Å²) >= 11 is 2.89. The van der Waals surface area contributed by atoms with Gasteiger partial charge in [-0.3, -0.25) is 0 Å². The summed E-state index contributed by atoms with van der Waals surface area (Å²) in [7, 11) is 1.89. The van der Waals surface area contributed by atoms with Crippen molar-refractivity contribution in [1.82, 2.24) is 0 Å². The highest BCUT2D eigenvalue weighted by molar-refractivity contribution is 9.10. The van der Waals surface area contributed by atoms with Crippen LogP contribution in [-0.2, 0) is 25.2 Å². The van der Waals surface area contributed by atoms with Gasteiger partial charge in [0, 0.05) is 12.3 Å². The second kappa shape index (κ2) is 11.6. The number of anilines is 1. The van der Waals surface area contributed by atoms with Crippen molar-refractivity contribution in [3.8, 4) is 17.2 Å². The number of halogens is 9. The van der Waals surface area contributed by atoms with Gasteiger partial charge in [-0.05, 0) is 46.3 Å². The molecule has 0 unspecified atom stereocenters. The van der Waals surface area contributed by atoms with E-state index >= 15 is 0 Å². The summed E-state index contributed by atoms with van der Waals surface area (Å²) in [6.07, 6.45) is -5.72. The number of ether oxygens (including phenoxy) is 4. The van der Waals surface area contributed by atoms with E-state index in [1.165, 1.54) is 12.2 Å². The van der Waals surface area contributed by atoms with Crippen LogP contribution in [0.15, 0.2) is 64.4 Å². The molecule has 0 atom stereocenters. The van der Waals surface area contributed by atoms with Gasteiger partial charge in [-0.25, -0.2) is 18.4 Å². The maximum Gasteiger partial charge on any atom is 0.573 e. The van der Waals surface area contributed by atoms with E-state index in [0.29, 0.717) is 12.1 Å². The van der Waals surface area contributed by atoms with Crippen molar-refractivity contribution < 1.29 is 63.7 Å². The fourth-order valence-electron chi connectivity index (χ4n) is 3.30. The molecule has 2 aromatic carbocycles. The van der Waals surface area contributed by atoms with Gasteiger partial charge in [0.05, 0.1) is 35.5 Å². The molecule has 0 bridgehead atoms. The first kappa shape index (κ1) is 30.5. The van der Waals surface area contributed by atoms with Crippen LogP contribution >= 0.6 is 15.9 Å². The molecule has 0 saturated carbocycles. The van der Waals surface area contributed by atoms with Gasteiger partial charge < -0.3 is 23.8 Å². The largest absolute Gasteiger partial charge is 0.573 e. The van der Waals surface area contributed by atoms with Crippen molar-refractivity contribution in [3.05, 3.63) is 81.6 Å². The number of nitrogens with zero attached hydrogens (tertiary/aromatic N) is 1. The lowest BCUT2D eigenvalue weighted by Crippen LogP contribution is -2.27. The number of carbonyl (C=O) groups is 2. The number of hydrogen-bond acceptors (Lipinski definition) is 7. The molecule has 0 fully saturated rings. The minimum absolute atomic E-state index is 0.0575. The maximum absolute atomic E-state index is 14.6. The number of esters is 2. The number of methoxy groups -OCH3 is 2. The highest BCUT2D eigenvalue weighted by Crippen LogP contribution is 2.46. The number of rotatable bonds is 6. The Hall–Kier alpha value is -4.08. The van der Waals surface area contributed by atoms with Crippen LogP contribution in [0.2, 0.25) is 0 Å². The van der Waals surface area contributed by atoms with E-state index in [1.807, 2.05) is 0 Å². The van der Waals surface area contributed by atoms with Crippen LogP contribution in [0.3, 0.4) is 0 Å². The van der Waals surface area contributed by atoms with Crippen molar-refractivity contribution in [2.24, 2.45) is 0 Å². The molecular weight excluding hydrogens is 630 g/mol. The smallest absolute Gasteiger partial charge is 0.465 e. The Kier molecular flexibility index (Phi) is 8.81. The average Bonchev–Trinajstić information content (AvgIpc) is 3.07. The molecular formula is C24H14BrF8NO6. The lowest BCUT2D eigenvalue weighted by molar-refractivity contribution is -0.274. The van der Waals surface area contributed by atoms with Crippen LogP contribution < -0.4 is 14.4 Å². The summed E-state index contributed by atoms with van der Waals surface area (Å²) in [5.41, 5.74) is -3.39. The summed E-state index contributed by atoms with van der Waals surface area (Å²) in [6.45, 7) is 0. The SMILES string of the molecule is COC(=O)C1=C(C(=O)OC)N(c2cc(OC(F)(F)F)cc(Br)c2Oc2c(F)cc(C(F)(F)F)cc2F)C=CC=C1. The molecule has 2 aromatic rings. The van der Waals surface area contributed by atoms with Crippen molar-refractivity contribution in [3.63, 3.8) is 0 Å². The molecule has 1 aliphatic heterocycles. The quantitative estimate of drug-likeness (QED) is 0.250. The number of allylic oxidation sites excluding steroid dienone is 2. The first-order valence-corrected chi connectivity index (χ1v) is 11.2. The third kappa shape index (κ3) is 6.73. The molecule has 1 heterocycles. The summed E-state index contributed by atoms with van der Waals surface area (Å²) in [6, 6.07) is 1.19. The number of hydrogen-bond donors (Lipinski definition) is 0. The number of alkyl halides is 6. The molecule has 16 heteroatoms. The van der Waals surface area contributed by atoms with Gasteiger partial charge in [-0.1, -0.05) is 6.08 Å². The van der Waals surface area contributed by atoms with Gasteiger partial charge in [0.1, 0.15) is 11.4 Å². The van der Waals surface area contributed by atoms with Gasteiger partial charge in [-0.2, -0.15) is 13.2 Å².